The molecule has 0 radical (unpaired) electrons. The lowest BCUT2D eigenvalue weighted by molar-refractivity contribution is -0.165. The van der Waals surface area contributed by atoms with Gasteiger partial charge < -0.3 is 20.1 Å². The molecule has 0 aromatic heterocycles. The van der Waals surface area contributed by atoms with E-state index < -0.39 is 6.04 Å². The second-order valence-corrected chi connectivity index (χ2v) is 5.53. The van der Waals surface area contributed by atoms with Crippen molar-refractivity contribution in [3.8, 4) is 0 Å². The zero-order chi connectivity index (χ0) is 13.9. The van der Waals surface area contributed by atoms with Gasteiger partial charge in [0.2, 0.25) is 5.91 Å². The molecule has 0 aromatic carbocycles. The van der Waals surface area contributed by atoms with E-state index in [4.69, 9.17) is 15.2 Å². The summed E-state index contributed by atoms with van der Waals surface area (Å²) in [6, 6.07) is -0.397. The minimum absolute atomic E-state index is 0. The van der Waals surface area contributed by atoms with Gasteiger partial charge in [-0.25, -0.2) is 0 Å². The Morgan fingerprint density at radius 2 is 2.11 bits per heavy atom. The molecule has 1 amide bonds. The Morgan fingerprint density at radius 3 is 2.53 bits per heavy atom. The van der Waals surface area contributed by atoms with E-state index in [0.717, 1.165) is 6.42 Å². The summed E-state index contributed by atoms with van der Waals surface area (Å²) >= 11 is 0. The van der Waals surface area contributed by atoms with Gasteiger partial charge in [0, 0.05) is 32.2 Å². The number of hydrogen-bond acceptors (Lipinski definition) is 4. The molecule has 3 unspecified atom stereocenters. The Morgan fingerprint density at radius 1 is 1.53 bits per heavy atom. The molecule has 0 aliphatic heterocycles. The predicted molar refractivity (Wildman–Crippen MR) is 77.5 cm³/mol. The van der Waals surface area contributed by atoms with Crippen molar-refractivity contribution in [3.05, 3.63) is 0 Å². The van der Waals surface area contributed by atoms with Gasteiger partial charge in [0.1, 0.15) is 6.04 Å². The van der Waals surface area contributed by atoms with E-state index in [-0.39, 0.29) is 42.5 Å². The lowest BCUT2D eigenvalue weighted by Gasteiger charge is -2.55. The van der Waals surface area contributed by atoms with Crippen LogP contribution in [0.15, 0.2) is 0 Å². The van der Waals surface area contributed by atoms with E-state index in [1.54, 1.807) is 12.0 Å². The Bertz CT molecular complexity index is 300. The molecule has 0 spiro atoms. The number of nitrogens with zero attached hydrogens (tertiary/aromatic N) is 1. The average molecular weight is 295 g/mol. The Balaban J connectivity index is 0.00000324. The Kier molecular flexibility index (Phi) is 7.29. The normalized spacial score (nSPS) is 26.0. The molecule has 1 aliphatic carbocycles. The average Bonchev–Trinajstić information content (AvgIpc) is 2.32. The summed E-state index contributed by atoms with van der Waals surface area (Å²) in [6.45, 7) is 7.22. The van der Waals surface area contributed by atoms with E-state index in [2.05, 4.69) is 13.8 Å². The van der Waals surface area contributed by atoms with Gasteiger partial charge >= 0.3 is 0 Å². The summed E-state index contributed by atoms with van der Waals surface area (Å²) in [4.78, 5) is 13.8. The van der Waals surface area contributed by atoms with Gasteiger partial charge in [-0.1, -0.05) is 13.8 Å². The highest BCUT2D eigenvalue weighted by atomic mass is 35.5. The van der Waals surface area contributed by atoms with Crippen molar-refractivity contribution in [1.82, 2.24) is 4.90 Å². The van der Waals surface area contributed by atoms with Crippen molar-refractivity contribution in [1.29, 1.82) is 0 Å². The molecule has 1 rings (SSSR count). The number of hydrogen-bond donors (Lipinski definition) is 1. The number of halogens is 1. The number of nitrogens with two attached hydrogens (primary N) is 1. The van der Waals surface area contributed by atoms with E-state index in [9.17, 15) is 4.79 Å². The number of ether oxygens (including phenoxy) is 2. The maximum atomic E-state index is 12.1. The van der Waals surface area contributed by atoms with Crippen molar-refractivity contribution in [2.24, 2.45) is 11.1 Å². The third-order valence-corrected chi connectivity index (χ3v) is 3.97. The fourth-order valence-corrected chi connectivity index (χ4v) is 2.67. The monoisotopic (exact) mass is 294 g/mol. The Hall–Kier alpha value is -0.360. The second-order valence-electron chi connectivity index (χ2n) is 5.53. The zero-order valence-electron chi connectivity index (χ0n) is 12.5. The molecule has 1 aliphatic rings. The minimum Gasteiger partial charge on any atom is -0.383 e. The summed E-state index contributed by atoms with van der Waals surface area (Å²) in [5, 5.41) is 0. The standard InChI is InChI=1S/C13H26N2O3.ClH/c1-6-18-11-7-10(13(11,2)3)15(4)12(16)9(14)8-17-5;/h9-11H,6-8,14H2,1-5H3;1H. The van der Waals surface area contributed by atoms with Gasteiger partial charge in [-0.3, -0.25) is 4.79 Å². The fraction of sp³-hybridized carbons (Fsp3) is 0.923. The molecule has 6 heteroatoms. The zero-order valence-corrected chi connectivity index (χ0v) is 13.3. The number of amides is 1. The van der Waals surface area contributed by atoms with Crippen LogP contribution in [0, 0.1) is 5.41 Å². The van der Waals surface area contributed by atoms with E-state index >= 15 is 0 Å². The van der Waals surface area contributed by atoms with E-state index in [1.165, 1.54) is 0 Å². The molecule has 1 saturated carbocycles. The summed E-state index contributed by atoms with van der Waals surface area (Å²) in [5.41, 5.74) is 5.76. The number of methoxy groups -OCH3 is 1. The van der Waals surface area contributed by atoms with Gasteiger partial charge in [0.25, 0.3) is 0 Å². The van der Waals surface area contributed by atoms with Crippen LogP contribution in [-0.4, -0.2) is 56.4 Å². The molecule has 19 heavy (non-hydrogen) atoms. The lowest BCUT2D eigenvalue weighted by Crippen LogP contribution is -2.64. The van der Waals surface area contributed by atoms with Gasteiger partial charge in [-0.15, -0.1) is 12.4 Å². The summed E-state index contributed by atoms with van der Waals surface area (Å²) < 4.78 is 10.6. The van der Waals surface area contributed by atoms with Crippen molar-refractivity contribution in [2.75, 3.05) is 27.4 Å². The van der Waals surface area contributed by atoms with Crippen LogP contribution in [0.4, 0.5) is 0 Å². The lowest BCUT2D eigenvalue weighted by atomic mass is 9.63. The molecule has 2 N–H and O–H groups in total. The summed E-state index contributed by atoms with van der Waals surface area (Å²) in [5.74, 6) is -0.0649. The molecule has 0 saturated heterocycles. The predicted octanol–water partition coefficient (Wildman–Crippen LogP) is 1.04. The first kappa shape index (κ1) is 18.6. The van der Waals surface area contributed by atoms with Gasteiger partial charge in [-0.2, -0.15) is 0 Å². The maximum absolute atomic E-state index is 12.1. The largest absolute Gasteiger partial charge is 0.383 e. The molecule has 5 nitrogen and oxygen atoms in total. The second kappa shape index (κ2) is 7.43. The van der Waals surface area contributed by atoms with E-state index in [1.807, 2.05) is 14.0 Å². The smallest absolute Gasteiger partial charge is 0.241 e. The van der Waals surface area contributed by atoms with Crippen LogP contribution in [0.25, 0.3) is 0 Å². The highest BCUT2D eigenvalue weighted by Crippen LogP contribution is 2.45. The Labute approximate surface area is 122 Å². The van der Waals surface area contributed by atoms with Gasteiger partial charge in [0.15, 0.2) is 0 Å². The molecule has 0 aromatic rings. The van der Waals surface area contributed by atoms with E-state index in [0.29, 0.717) is 6.61 Å². The number of likely N-dealkylation sites (N-methyl/N-ethyl adjacent to an activating group) is 1. The van der Waals surface area contributed by atoms with Crippen molar-refractivity contribution in [3.63, 3.8) is 0 Å². The molecular weight excluding hydrogens is 268 g/mol. The SMILES string of the molecule is CCOC1CC(N(C)C(=O)C(N)COC)C1(C)C.Cl. The van der Waals surface area contributed by atoms with Crippen molar-refractivity contribution < 1.29 is 14.3 Å². The third kappa shape index (κ3) is 3.81. The van der Waals surface area contributed by atoms with Crippen LogP contribution in [0.5, 0.6) is 0 Å². The van der Waals surface area contributed by atoms with Crippen molar-refractivity contribution >= 4 is 18.3 Å². The molecular formula is C13H27ClN2O3. The topological polar surface area (TPSA) is 64.8 Å². The van der Waals surface area contributed by atoms with Gasteiger partial charge in [0.05, 0.1) is 12.7 Å². The summed E-state index contributed by atoms with van der Waals surface area (Å²) in [7, 11) is 3.36. The minimum atomic E-state index is -0.582. The third-order valence-electron chi connectivity index (χ3n) is 3.97. The molecule has 0 heterocycles. The van der Waals surface area contributed by atoms with Crippen LogP contribution < -0.4 is 5.73 Å². The van der Waals surface area contributed by atoms with Crippen LogP contribution in [0.2, 0.25) is 0 Å². The molecule has 1 fully saturated rings. The van der Waals surface area contributed by atoms with Crippen LogP contribution >= 0.6 is 12.4 Å². The quantitative estimate of drug-likeness (QED) is 0.795. The van der Waals surface area contributed by atoms with Crippen LogP contribution in [0.1, 0.15) is 27.2 Å². The molecule has 114 valence electrons. The molecule has 0 bridgehead atoms. The summed E-state index contributed by atoms with van der Waals surface area (Å²) in [6.07, 6.45) is 1.10. The number of carbonyl (C=O) groups is 1. The number of rotatable bonds is 6. The fourth-order valence-electron chi connectivity index (χ4n) is 2.67. The number of carbonyl (C=O) groups excluding carboxylic acids is 1. The van der Waals surface area contributed by atoms with Crippen molar-refractivity contribution in [2.45, 2.75) is 45.4 Å². The first-order valence-electron chi connectivity index (χ1n) is 6.49. The van der Waals surface area contributed by atoms with Gasteiger partial charge in [-0.05, 0) is 13.3 Å². The highest BCUT2D eigenvalue weighted by molar-refractivity contribution is 5.85. The first-order valence-corrected chi connectivity index (χ1v) is 6.49. The molecule has 3 atom stereocenters. The van der Waals surface area contributed by atoms with Crippen LogP contribution in [0.3, 0.4) is 0 Å². The first-order chi connectivity index (χ1) is 8.36. The maximum Gasteiger partial charge on any atom is 0.241 e. The van der Waals surface area contributed by atoms with Crippen LogP contribution in [-0.2, 0) is 14.3 Å². The highest BCUT2D eigenvalue weighted by Gasteiger charge is 2.52.